The Bertz CT molecular complexity index is 157. The van der Waals surface area contributed by atoms with Gasteiger partial charge < -0.3 is 5.21 Å². The van der Waals surface area contributed by atoms with Crippen LogP contribution in [0.2, 0.25) is 0 Å². The zero-order chi connectivity index (χ0) is 9.78. The molecule has 0 bridgehead atoms. The summed E-state index contributed by atoms with van der Waals surface area (Å²) in [7, 11) is 1.42. The van der Waals surface area contributed by atoms with Crippen molar-refractivity contribution in [1.29, 1.82) is 0 Å². The lowest BCUT2D eigenvalue weighted by molar-refractivity contribution is -1.08. The van der Waals surface area contributed by atoms with Gasteiger partial charge in [0.15, 0.2) is 0 Å². The van der Waals surface area contributed by atoms with E-state index in [2.05, 4.69) is 0 Å². The lowest BCUT2D eigenvalue weighted by Gasteiger charge is -2.38. The van der Waals surface area contributed by atoms with E-state index in [-0.39, 0.29) is 11.1 Å². The Morgan fingerprint density at radius 1 is 1.50 bits per heavy atom. The van der Waals surface area contributed by atoms with Crippen molar-refractivity contribution in [1.82, 2.24) is 0 Å². The summed E-state index contributed by atoms with van der Waals surface area (Å²) in [6, 6.07) is 0. The van der Waals surface area contributed by atoms with Crippen molar-refractivity contribution in [2.45, 2.75) is 33.2 Å². The molecule has 3 heteroatoms. The van der Waals surface area contributed by atoms with Crippen molar-refractivity contribution in [2.75, 3.05) is 7.11 Å². The minimum atomic E-state index is -0.483. The lowest BCUT2D eigenvalue weighted by Crippen LogP contribution is -3.15. The van der Waals surface area contributed by atoms with E-state index in [1.165, 1.54) is 7.11 Å². The van der Waals surface area contributed by atoms with Crippen LogP contribution in [0, 0.1) is 11.1 Å². The molecule has 3 nitrogen and oxygen atoms in total. The van der Waals surface area contributed by atoms with Crippen LogP contribution in [0.4, 0.5) is 0 Å². The lowest BCUT2D eigenvalue weighted by atomic mass is 9.89. The normalized spacial score (nSPS) is 19.9. The molecular formula is C9H19NO2. The number of nitrogens with one attached hydrogen (secondary N) is 1. The van der Waals surface area contributed by atoms with Crippen LogP contribution in [0.1, 0.15) is 27.7 Å². The second-order valence-corrected chi connectivity index (χ2v) is 3.43. The molecule has 0 saturated carbocycles. The maximum atomic E-state index is 11.4. The van der Waals surface area contributed by atoms with Gasteiger partial charge in [-0.25, -0.2) is 10.1 Å². The first kappa shape index (κ1) is 11.6. The quantitative estimate of drug-likeness (QED) is 0.507. The first-order chi connectivity index (χ1) is 5.49. The number of quaternary nitrogens is 1. The summed E-state index contributed by atoms with van der Waals surface area (Å²) >= 11 is 0. The number of hydrogen-bond donors (Lipinski definition) is 1. The maximum absolute atomic E-state index is 11.4. The third kappa shape index (κ3) is 2.30. The Morgan fingerprint density at radius 3 is 2.25 bits per heavy atom. The molecule has 0 aliphatic heterocycles. The zero-order valence-electron chi connectivity index (χ0n) is 8.55. The molecule has 0 aromatic carbocycles. The number of hydrogen-bond acceptors (Lipinski definition) is 2. The van der Waals surface area contributed by atoms with Crippen LogP contribution in [0.5, 0.6) is 0 Å². The summed E-state index contributed by atoms with van der Waals surface area (Å²) in [5.41, 5.74) is -0.483. The summed E-state index contributed by atoms with van der Waals surface area (Å²) in [5.74, 6) is 0.251. The first-order valence-electron chi connectivity index (χ1n) is 4.21. The molecule has 0 heterocycles. The van der Waals surface area contributed by atoms with E-state index >= 15 is 0 Å². The highest BCUT2D eigenvalue weighted by Crippen LogP contribution is 2.14. The summed E-state index contributed by atoms with van der Waals surface area (Å²) in [6.07, 6.45) is 3.78. The SMILES string of the molecule is C/C=C\C(C)(C(C)C)[NH+]([O-])OC. The van der Waals surface area contributed by atoms with Gasteiger partial charge >= 0.3 is 0 Å². The summed E-state index contributed by atoms with van der Waals surface area (Å²) in [6.45, 7) is 7.82. The molecule has 0 radical (unpaired) electrons. The molecule has 0 aromatic rings. The third-order valence-electron chi connectivity index (χ3n) is 2.34. The van der Waals surface area contributed by atoms with Crippen molar-refractivity contribution in [3.63, 3.8) is 0 Å². The van der Waals surface area contributed by atoms with Crippen molar-refractivity contribution in [3.05, 3.63) is 17.4 Å². The van der Waals surface area contributed by atoms with Gasteiger partial charge in [-0.2, -0.15) is 0 Å². The molecule has 72 valence electrons. The largest absolute Gasteiger partial charge is 0.599 e. The molecule has 1 N–H and O–H groups in total. The van der Waals surface area contributed by atoms with Crippen molar-refractivity contribution >= 4 is 0 Å². The second-order valence-electron chi connectivity index (χ2n) is 3.43. The Kier molecular flexibility index (Phi) is 4.45. The number of hydroxylamine groups is 2. The van der Waals surface area contributed by atoms with Crippen molar-refractivity contribution in [2.24, 2.45) is 5.92 Å². The van der Waals surface area contributed by atoms with Gasteiger partial charge in [-0.1, -0.05) is 19.9 Å². The molecule has 0 aliphatic rings. The van der Waals surface area contributed by atoms with Crippen LogP contribution in [-0.4, -0.2) is 12.6 Å². The fraction of sp³-hybridized carbons (Fsp3) is 0.778. The van der Waals surface area contributed by atoms with Gasteiger partial charge in [0.25, 0.3) is 0 Å². The van der Waals surface area contributed by atoms with E-state index in [0.717, 1.165) is 0 Å². The highest BCUT2D eigenvalue weighted by atomic mass is 16.9. The van der Waals surface area contributed by atoms with E-state index in [4.69, 9.17) is 4.84 Å². The molecular weight excluding hydrogens is 154 g/mol. The van der Waals surface area contributed by atoms with Crippen LogP contribution in [0.25, 0.3) is 0 Å². The minimum absolute atomic E-state index is 0.171. The van der Waals surface area contributed by atoms with Crippen LogP contribution >= 0.6 is 0 Å². The summed E-state index contributed by atoms with van der Waals surface area (Å²) in [4.78, 5) is 4.74. The highest BCUT2D eigenvalue weighted by molar-refractivity contribution is 4.98. The Hall–Kier alpha value is -0.380. The van der Waals surface area contributed by atoms with Gasteiger partial charge in [0, 0.05) is 5.92 Å². The van der Waals surface area contributed by atoms with Gasteiger partial charge in [0.05, 0.1) is 7.11 Å². The second kappa shape index (κ2) is 4.60. The predicted octanol–water partition coefficient (Wildman–Crippen LogP) is 0.921. The van der Waals surface area contributed by atoms with E-state index in [0.29, 0.717) is 0 Å². The summed E-state index contributed by atoms with van der Waals surface area (Å²) < 4.78 is 0. The van der Waals surface area contributed by atoms with E-state index in [1.54, 1.807) is 0 Å². The average Bonchev–Trinajstić information content (AvgIpc) is 2.03. The van der Waals surface area contributed by atoms with Gasteiger partial charge in [-0.3, -0.25) is 0 Å². The van der Waals surface area contributed by atoms with Crippen LogP contribution in [0.3, 0.4) is 0 Å². The van der Waals surface area contributed by atoms with Crippen LogP contribution in [0.15, 0.2) is 12.2 Å². The van der Waals surface area contributed by atoms with Gasteiger partial charge in [-0.15, -0.1) is 0 Å². The molecule has 0 saturated heterocycles. The zero-order valence-corrected chi connectivity index (χ0v) is 8.55. The summed E-state index contributed by atoms with van der Waals surface area (Å²) in [5, 5.41) is 11.2. The molecule has 0 spiro atoms. The highest BCUT2D eigenvalue weighted by Gasteiger charge is 2.33. The smallest absolute Gasteiger partial charge is 0.145 e. The standard InChI is InChI=1S/C9H19NO2/c1-6-7-9(4,8(2)3)10(11)12-5/h6-8,10H,1-5H3/b7-6-. The number of allylic oxidation sites excluding steroid dienone is 1. The average molecular weight is 173 g/mol. The maximum Gasteiger partial charge on any atom is 0.145 e. The molecule has 0 amide bonds. The monoisotopic (exact) mass is 173 g/mol. The number of rotatable bonds is 4. The first-order valence-corrected chi connectivity index (χ1v) is 4.21. The van der Waals surface area contributed by atoms with E-state index < -0.39 is 5.54 Å². The Balaban J connectivity index is 4.60. The van der Waals surface area contributed by atoms with Crippen molar-refractivity contribution in [3.8, 4) is 0 Å². The van der Waals surface area contributed by atoms with Crippen LogP contribution < -0.4 is 5.23 Å². The molecule has 2 atom stereocenters. The fourth-order valence-corrected chi connectivity index (χ4v) is 1.06. The molecule has 12 heavy (non-hydrogen) atoms. The van der Waals surface area contributed by atoms with Crippen molar-refractivity contribution < 1.29 is 10.1 Å². The van der Waals surface area contributed by atoms with E-state index in [9.17, 15) is 5.21 Å². The third-order valence-corrected chi connectivity index (χ3v) is 2.34. The fourth-order valence-electron chi connectivity index (χ4n) is 1.06. The molecule has 0 aliphatic carbocycles. The molecule has 2 unspecified atom stereocenters. The minimum Gasteiger partial charge on any atom is -0.599 e. The Morgan fingerprint density at radius 2 is 2.00 bits per heavy atom. The van der Waals surface area contributed by atoms with Gasteiger partial charge in [0.2, 0.25) is 0 Å². The Labute approximate surface area is 74.5 Å². The van der Waals surface area contributed by atoms with Gasteiger partial charge in [-0.05, 0) is 19.9 Å². The van der Waals surface area contributed by atoms with E-state index in [1.807, 2.05) is 39.8 Å². The molecule has 0 fully saturated rings. The predicted molar refractivity (Wildman–Crippen MR) is 49.4 cm³/mol. The topological polar surface area (TPSA) is 36.7 Å². The molecule has 0 rings (SSSR count). The molecule has 0 aromatic heterocycles. The van der Waals surface area contributed by atoms with Crippen LogP contribution in [-0.2, 0) is 4.84 Å². The van der Waals surface area contributed by atoms with Gasteiger partial charge in [0.1, 0.15) is 5.54 Å².